The fourth-order valence-corrected chi connectivity index (χ4v) is 2.43. The predicted molar refractivity (Wildman–Crippen MR) is 68.0 cm³/mol. The molecule has 2 rings (SSSR count). The van der Waals surface area contributed by atoms with E-state index in [9.17, 15) is 15.2 Å². The summed E-state index contributed by atoms with van der Waals surface area (Å²) in [5, 5.41) is 20.9. The van der Waals surface area contributed by atoms with Crippen LogP contribution in [-0.2, 0) is 0 Å². The van der Waals surface area contributed by atoms with Gasteiger partial charge in [-0.05, 0) is 19.8 Å². The molecular formula is C11H14ClN3O3. The van der Waals surface area contributed by atoms with Crippen LogP contribution < -0.4 is 4.90 Å². The highest BCUT2D eigenvalue weighted by Gasteiger charge is 2.30. The van der Waals surface area contributed by atoms with Crippen LogP contribution in [0, 0.1) is 10.1 Å². The Morgan fingerprint density at radius 1 is 1.67 bits per heavy atom. The van der Waals surface area contributed by atoms with Crippen molar-refractivity contribution >= 4 is 23.1 Å². The van der Waals surface area contributed by atoms with Gasteiger partial charge in [-0.2, -0.15) is 0 Å². The van der Waals surface area contributed by atoms with Crippen LogP contribution in [0.4, 0.5) is 11.5 Å². The topological polar surface area (TPSA) is 79.5 Å². The van der Waals surface area contributed by atoms with Crippen LogP contribution >= 0.6 is 11.6 Å². The lowest BCUT2D eigenvalue weighted by molar-refractivity contribution is -0.385. The van der Waals surface area contributed by atoms with E-state index in [1.807, 2.05) is 4.90 Å². The number of aliphatic hydroxyl groups is 1. The van der Waals surface area contributed by atoms with Crippen molar-refractivity contribution in [2.75, 3.05) is 18.0 Å². The minimum absolute atomic E-state index is 0.132. The van der Waals surface area contributed by atoms with E-state index in [0.29, 0.717) is 12.4 Å². The Bertz CT molecular complexity index is 479. The Kier molecular flexibility index (Phi) is 3.41. The molecule has 1 aliphatic rings. The average molecular weight is 272 g/mol. The Labute approximate surface area is 109 Å². The van der Waals surface area contributed by atoms with E-state index < -0.39 is 10.5 Å². The quantitative estimate of drug-likeness (QED) is 0.657. The van der Waals surface area contributed by atoms with Crippen molar-refractivity contribution < 1.29 is 10.0 Å². The number of β-amino-alcohol motifs (C(OH)–C–C–N with tert-alkyl or cyclic N) is 1. The lowest BCUT2D eigenvalue weighted by Gasteiger charge is -2.37. The maximum absolute atomic E-state index is 10.6. The van der Waals surface area contributed by atoms with Gasteiger partial charge in [0.15, 0.2) is 0 Å². The minimum Gasteiger partial charge on any atom is -0.388 e. The van der Waals surface area contributed by atoms with Gasteiger partial charge in [0.1, 0.15) is 12.0 Å². The molecule has 18 heavy (non-hydrogen) atoms. The molecule has 2 heterocycles. The van der Waals surface area contributed by atoms with Gasteiger partial charge >= 0.3 is 0 Å². The van der Waals surface area contributed by atoms with Crippen LogP contribution in [0.25, 0.3) is 0 Å². The summed E-state index contributed by atoms with van der Waals surface area (Å²) in [5.41, 5.74) is -0.905. The molecule has 1 aromatic rings. The SMILES string of the molecule is CC1(O)CCCN(c2ncc([N+](=O)[O-])cc2Cl)C1. The summed E-state index contributed by atoms with van der Waals surface area (Å²) in [6, 6.07) is 1.28. The molecular weight excluding hydrogens is 258 g/mol. The van der Waals surface area contributed by atoms with E-state index in [4.69, 9.17) is 11.6 Å². The molecule has 1 saturated heterocycles. The molecule has 0 amide bonds. The number of aromatic nitrogens is 1. The van der Waals surface area contributed by atoms with Crippen LogP contribution in [0.1, 0.15) is 19.8 Å². The molecule has 0 bridgehead atoms. The molecule has 1 unspecified atom stereocenters. The van der Waals surface area contributed by atoms with E-state index in [1.165, 1.54) is 12.3 Å². The first-order chi connectivity index (χ1) is 8.39. The average Bonchev–Trinajstić information content (AvgIpc) is 2.27. The van der Waals surface area contributed by atoms with Crippen molar-refractivity contribution in [3.63, 3.8) is 0 Å². The molecule has 1 N–H and O–H groups in total. The van der Waals surface area contributed by atoms with Gasteiger partial charge in [0, 0.05) is 19.2 Å². The predicted octanol–water partition coefficient (Wildman–Crippen LogP) is 1.99. The second-order valence-corrected chi connectivity index (χ2v) is 5.19. The van der Waals surface area contributed by atoms with Gasteiger partial charge in [-0.1, -0.05) is 11.6 Å². The second kappa shape index (κ2) is 4.70. The van der Waals surface area contributed by atoms with E-state index in [2.05, 4.69) is 4.98 Å². The van der Waals surface area contributed by atoms with Gasteiger partial charge < -0.3 is 10.0 Å². The number of pyridine rings is 1. The van der Waals surface area contributed by atoms with Crippen molar-refractivity contribution in [2.45, 2.75) is 25.4 Å². The molecule has 98 valence electrons. The zero-order chi connectivity index (χ0) is 13.3. The minimum atomic E-state index is -0.773. The molecule has 0 aliphatic carbocycles. The summed E-state index contributed by atoms with van der Waals surface area (Å²) in [5.74, 6) is 0.488. The summed E-state index contributed by atoms with van der Waals surface area (Å²) >= 11 is 6.01. The Morgan fingerprint density at radius 2 is 2.39 bits per heavy atom. The third-order valence-corrected chi connectivity index (χ3v) is 3.27. The van der Waals surface area contributed by atoms with Crippen LogP contribution in [-0.4, -0.2) is 33.7 Å². The molecule has 1 aromatic heterocycles. The number of hydrogen-bond donors (Lipinski definition) is 1. The summed E-state index contributed by atoms with van der Waals surface area (Å²) < 4.78 is 0. The standard InChI is InChI=1S/C11H14ClN3O3/c1-11(16)3-2-4-14(7-11)10-9(12)5-8(6-13-10)15(17)18/h5-6,16H,2-4,7H2,1H3. The number of anilines is 1. The monoisotopic (exact) mass is 271 g/mol. The van der Waals surface area contributed by atoms with E-state index in [1.54, 1.807) is 6.92 Å². The third kappa shape index (κ3) is 2.70. The molecule has 0 radical (unpaired) electrons. The maximum Gasteiger partial charge on any atom is 0.289 e. The molecule has 7 heteroatoms. The summed E-state index contributed by atoms with van der Waals surface area (Å²) in [4.78, 5) is 16.0. The van der Waals surface area contributed by atoms with Gasteiger partial charge in [-0.15, -0.1) is 0 Å². The molecule has 0 spiro atoms. The van der Waals surface area contributed by atoms with E-state index in [0.717, 1.165) is 19.4 Å². The highest BCUT2D eigenvalue weighted by molar-refractivity contribution is 6.33. The van der Waals surface area contributed by atoms with Crippen molar-refractivity contribution in [3.8, 4) is 0 Å². The number of halogens is 1. The van der Waals surface area contributed by atoms with Crippen LogP contribution in [0.2, 0.25) is 5.02 Å². The first-order valence-electron chi connectivity index (χ1n) is 5.66. The normalized spacial score (nSPS) is 24.1. The highest BCUT2D eigenvalue weighted by Crippen LogP contribution is 2.31. The van der Waals surface area contributed by atoms with E-state index >= 15 is 0 Å². The fraction of sp³-hybridized carbons (Fsp3) is 0.545. The summed E-state index contributed by atoms with van der Waals surface area (Å²) in [6.45, 7) is 2.93. The van der Waals surface area contributed by atoms with Crippen molar-refractivity contribution in [1.82, 2.24) is 4.98 Å². The van der Waals surface area contributed by atoms with Gasteiger partial charge in [0.25, 0.3) is 5.69 Å². The lowest BCUT2D eigenvalue weighted by atomic mass is 9.95. The fourth-order valence-electron chi connectivity index (χ4n) is 2.15. The van der Waals surface area contributed by atoms with Crippen LogP contribution in [0.5, 0.6) is 0 Å². The molecule has 1 fully saturated rings. The number of hydrogen-bond acceptors (Lipinski definition) is 5. The molecule has 0 aromatic carbocycles. The largest absolute Gasteiger partial charge is 0.388 e. The second-order valence-electron chi connectivity index (χ2n) is 4.78. The van der Waals surface area contributed by atoms with Gasteiger partial charge in [0.2, 0.25) is 0 Å². The number of piperidine rings is 1. The molecule has 1 aliphatic heterocycles. The Balaban J connectivity index is 2.26. The summed E-state index contributed by atoms with van der Waals surface area (Å²) in [6.07, 6.45) is 2.75. The maximum atomic E-state index is 10.6. The zero-order valence-electron chi connectivity index (χ0n) is 9.97. The van der Waals surface area contributed by atoms with Gasteiger partial charge in [-0.3, -0.25) is 10.1 Å². The van der Waals surface area contributed by atoms with Crippen LogP contribution in [0.3, 0.4) is 0 Å². The molecule has 1 atom stereocenters. The number of nitrogens with zero attached hydrogens (tertiary/aromatic N) is 3. The third-order valence-electron chi connectivity index (χ3n) is 2.99. The Hall–Kier alpha value is -1.40. The van der Waals surface area contributed by atoms with Crippen molar-refractivity contribution in [1.29, 1.82) is 0 Å². The zero-order valence-corrected chi connectivity index (χ0v) is 10.7. The van der Waals surface area contributed by atoms with Gasteiger partial charge in [0.05, 0.1) is 15.5 Å². The first kappa shape index (κ1) is 13.0. The molecule has 0 saturated carbocycles. The first-order valence-corrected chi connectivity index (χ1v) is 6.04. The van der Waals surface area contributed by atoms with Crippen LogP contribution in [0.15, 0.2) is 12.3 Å². The van der Waals surface area contributed by atoms with Crippen molar-refractivity contribution in [2.24, 2.45) is 0 Å². The number of rotatable bonds is 2. The Morgan fingerprint density at radius 3 is 2.94 bits per heavy atom. The molecule has 6 nitrogen and oxygen atoms in total. The van der Waals surface area contributed by atoms with Crippen molar-refractivity contribution in [3.05, 3.63) is 27.4 Å². The van der Waals surface area contributed by atoms with Gasteiger partial charge in [-0.25, -0.2) is 4.98 Å². The smallest absolute Gasteiger partial charge is 0.289 e. The van der Waals surface area contributed by atoms with E-state index in [-0.39, 0.29) is 10.7 Å². The number of nitro groups is 1. The highest BCUT2D eigenvalue weighted by atomic mass is 35.5. The summed E-state index contributed by atoms with van der Waals surface area (Å²) in [7, 11) is 0. The lowest BCUT2D eigenvalue weighted by Crippen LogP contribution is -2.46.